The first kappa shape index (κ1) is 17.8. The molecule has 0 atom stereocenters. The molecule has 1 saturated carbocycles. The lowest BCUT2D eigenvalue weighted by Crippen LogP contribution is -2.41. The van der Waals surface area contributed by atoms with E-state index in [1.54, 1.807) is 18.6 Å². The lowest BCUT2D eigenvalue weighted by Gasteiger charge is -2.23. The van der Waals surface area contributed by atoms with Gasteiger partial charge in [0.05, 0.1) is 41.5 Å². The third-order valence-corrected chi connectivity index (χ3v) is 6.43. The Morgan fingerprint density at radius 2 is 1.74 bits per heavy atom. The fourth-order valence-corrected chi connectivity index (χ4v) is 4.51. The minimum absolute atomic E-state index is 0.0954. The van der Waals surface area contributed by atoms with Crippen molar-refractivity contribution in [3.63, 3.8) is 0 Å². The minimum Gasteiger partial charge on any atom is -0.348 e. The molecule has 2 fully saturated rings. The second-order valence-electron chi connectivity index (χ2n) is 6.92. The van der Waals surface area contributed by atoms with Gasteiger partial charge >= 0.3 is 0 Å². The Bertz CT molecular complexity index is 932. The first-order chi connectivity index (χ1) is 13.0. The standard InChI is InChI=1S/C17H20N6O3S/c24-17(22-12-3-5-27(25,26)6-4-12)15-16(21-13-7-18-10-19-8-13)20-9-14(23-15)11-1-2-11/h7-12H,1-6H2,(H,20,21)(H,22,24). The van der Waals surface area contributed by atoms with Gasteiger partial charge in [-0.15, -0.1) is 0 Å². The molecule has 10 heteroatoms. The number of anilines is 2. The van der Waals surface area contributed by atoms with Crippen LogP contribution in [0.4, 0.5) is 11.5 Å². The van der Waals surface area contributed by atoms with E-state index in [9.17, 15) is 13.2 Å². The number of hydrogen-bond acceptors (Lipinski definition) is 8. The minimum atomic E-state index is -2.98. The molecular weight excluding hydrogens is 368 g/mol. The lowest BCUT2D eigenvalue weighted by atomic mass is 10.1. The number of rotatable bonds is 5. The number of carbonyl (C=O) groups excluding carboxylic acids is 1. The van der Waals surface area contributed by atoms with Crippen LogP contribution >= 0.6 is 0 Å². The highest BCUT2D eigenvalue weighted by Crippen LogP contribution is 2.39. The molecule has 1 aliphatic heterocycles. The monoisotopic (exact) mass is 388 g/mol. The molecule has 2 aliphatic rings. The third-order valence-electron chi connectivity index (χ3n) is 4.71. The Balaban J connectivity index is 1.55. The van der Waals surface area contributed by atoms with Gasteiger partial charge < -0.3 is 10.6 Å². The van der Waals surface area contributed by atoms with Crippen molar-refractivity contribution < 1.29 is 13.2 Å². The van der Waals surface area contributed by atoms with Crippen molar-refractivity contribution in [3.8, 4) is 0 Å². The van der Waals surface area contributed by atoms with Crippen molar-refractivity contribution in [2.45, 2.75) is 37.6 Å². The summed E-state index contributed by atoms with van der Waals surface area (Å²) in [5.74, 6) is 0.526. The molecule has 0 radical (unpaired) electrons. The van der Waals surface area contributed by atoms with E-state index < -0.39 is 9.84 Å². The number of carbonyl (C=O) groups is 1. The van der Waals surface area contributed by atoms with E-state index in [1.807, 2.05) is 0 Å². The average molecular weight is 388 g/mol. The predicted molar refractivity (Wildman–Crippen MR) is 98.5 cm³/mol. The van der Waals surface area contributed by atoms with Crippen molar-refractivity contribution in [1.29, 1.82) is 0 Å². The molecule has 1 aliphatic carbocycles. The van der Waals surface area contributed by atoms with Gasteiger partial charge in [0.2, 0.25) is 0 Å². The van der Waals surface area contributed by atoms with Gasteiger partial charge in [-0.05, 0) is 25.7 Å². The zero-order valence-electron chi connectivity index (χ0n) is 14.6. The maximum Gasteiger partial charge on any atom is 0.273 e. The summed E-state index contributed by atoms with van der Waals surface area (Å²) in [6.07, 6.45) is 9.20. The second-order valence-corrected chi connectivity index (χ2v) is 9.22. The SMILES string of the molecule is O=C(NC1CCS(=O)(=O)CC1)c1nc(C2CC2)cnc1Nc1cncnc1. The molecule has 4 rings (SSSR count). The quantitative estimate of drug-likeness (QED) is 0.782. The lowest BCUT2D eigenvalue weighted by molar-refractivity contribution is 0.0929. The summed E-state index contributed by atoms with van der Waals surface area (Å²) in [4.78, 5) is 29.6. The Morgan fingerprint density at radius 3 is 2.41 bits per heavy atom. The summed E-state index contributed by atoms with van der Waals surface area (Å²) in [7, 11) is -2.98. The van der Waals surface area contributed by atoms with Crippen LogP contribution in [0.15, 0.2) is 24.9 Å². The highest BCUT2D eigenvalue weighted by Gasteiger charge is 2.29. The largest absolute Gasteiger partial charge is 0.348 e. The van der Waals surface area contributed by atoms with Gasteiger partial charge in [-0.1, -0.05) is 0 Å². The molecule has 27 heavy (non-hydrogen) atoms. The highest BCUT2D eigenvalue weighted by atomic mass is 32.2. The maximum absolute atomic E-state index is 12.8. The second kappa shape index (κ2) is 7.18. The Hall–Kier alpha value is -2.62. The van der Waals surface area contributed by atoms with E-state index in [-0.39, 0.29) is 29.1 Å². The van der Waals surface area contributed by atoms with Gasteiger partial charge in [-0.25, -0.2) is 28.4 Å². The van der Waals surface area contributed by atoms with E-state index in [0.717, 1.165) is 18.5 Å². The summed E-state index contributed by atoms with van der Waals surface area (Å²) in [5, 5.41) is 5.94. The summed E-state index contributed by atoms with van der Waals surface area (Å²) in [5.41, 5.74) is 1.61. The van der Waals surface area contributed by atoms with Crippen molar-refractivity contribution in [2.75, 3.05) is 16.8 Å². The van der Waals surface area contributed by atoms with Gasteiger partial charge in [0.15, 0.2) is 11.5 Å². The Morgan fingerprint density at radius 1 is 1.04 bits per heavy atom. The van der Waals surface area contributed by atoms with Gasteiger partial charge in [0, 0.05) is 12.0 Å². The Labute approximate surface area is 157 Å². The summed E-state index contributed by atoms with van der Waals surface area (Å²) < 4.78 is 23.2. The van der Waals surface area contributed by atoms with E-state index in [2.05, 4.69) is 30.6 Å². The smallest absolute Gasteiger partial charge is 0.273 e. The van der Waals surface area contributed by atoms with Crippen LogP contribution in [0.5, 0.6) is 0 Å². The average Bonchev–Trinajstić information content (AvgIpc) is 3.50. The molecule has 2 N–H and O–H groups in total. The van der Waals surface area contributed by atoms with E-state index in [0.29, 0.717) is 30.3 Å². The third kappa shape index (κ3) is 4.38. The summed E-state index contributed by atoms with van der Waals surface area (Å²) >= 11 is 0. The van der Waals surface area contributed by atoms with Crippen molar-refractivity contribution in [1.82, 2.24) is 25.3 Å². The molecule has 1 amide bonds. The zero-order chi connectivity index (χ0) is 18.9. The number of nitrogens with one attached hydrogen (secondary N) is 2. The van der Waals surface area contributed by atoms with E-state index in [1.165, 1.54) is 6.33 Å². The fraction of sp³-hybridized carbons (Fsp3) is 0.471. The number of aromatic nitrogens is 4. The zero-order valence-corrected chi connectivity index (χ0v) is 15.4. The van der Waals surface area contributed by atoms with Crippen molar-refractivity contribution >= 4 is 27.2 Å². The van der Waals surface area contributed by atoms with Crippen LogP contribution in [0.1, 0.15) is 47.8 Å². The molecule has 2 aromatic rings. The molecule has 0 bridgehead atoms. The van der Waals surface area contributed by atoms with Crippen LogP contribution in [0.3, 0.4) is 0 Å². The summed E-state index contributed by atoms with van der Waals surface area (Å²) in [6, 6.07) is -0.180. The van der Waals surface area contributed by atoms with E-state index >= 15 is 0 Å². The van der Waals surface area contributed by atoms with Crippen molar-refractivity contribution in [2.24, 2.45) is 0 Å². The number of amides is 1. The highest BCUT2D eigenvalue weighted by molar-refractivity contribution is 7.91. The number of sulfone groups is 1. The molecule has 0 aromatic carbocycles. The summed E-state index contributed by atoms with van der Waals surface area (Å²) in [6.45, 7) is 0. The normalized spacial score (nSPS) is 19.4. The van der Waals surface area contributed by atoms with Gasteiger partial charge in [0.25, 0.3) is 5.91 Å². The van der Waals surface area contributed by atoms with Crippen molar-refractivity contribution in [3.05, 3.63) is 36.3 Å². The maximum atomic E-state index is 12.8. The van der Waals surface area contributed by atoms with Crippen LogP contribution in [0, 0.1) is 0 Å². The first-order valence-electron chi connectivity index (χ1n) is 8.90. The molecule has 3 heterocycles. The molecule has 142 valence electrons. The Kier molecular flexibility index (Phi) is 4.73. The van der Waals surface area contributed by atoms with Crippen LogP contribution in [0.2, 0.25) is 0 Å². The van der Waals surface area contributed by atoms with Gasteiger partial charge in [-0.2, -0.15) is 0 Å². The van der Waals surface area contributed by atoms with E-state index in [4.69, 9.17) is 0 Å². The first-order valence-corrected chi connectivity index (χ1v) is 10.7. The van der Waals surface area contributed by atoms with Crippen LogP contribution in [0.25, 0.3) is 0 Å². The predicted octanol–water partition coefficient (Wildman–Crippen LogP) is 1.19. The number of nitrogens with zero attached hydrogens (tertiary/aromatic N) is 4. The fourth-order valence-electron chi connectivity index (χ4n) is 3.02. The molecule has 2 aromatic heterocycles. The van der Waals surface area contributed by atoms with Crippen LogP contribution in [-0.4, -0.2) is 51.8 Å². The molecule has 0 spiro atoms. The topological polar surface area (TPSA) is 127 Å². The van der Waals surface area contributed by atoms with Crippen LogP contribution in [-0.2, 0) is 9.84 Å². The molecule has 0 unspecified atom stereocenters. The number of hydrogen-bond donors (Lipinski definition) is 2. The molecule has 9 nitrogen and oxygen atoms in total. The van der Waals surface area contributed by atoms with Gasteiger partial charge in [-0.3, -0.25) is 4.79 Å². The molecule has 1 saturated heterocycles. The molecular formula is C17H20N6O3S. The van der Waals surface area contributed by atoms with Gasteiger partial charge in [0.1, 0.15) is 16.2 Å². The van der Waals surface area contributed by atoms with Crippen LogP contribution < -0.4 is 10.6 Å².